The number of nitrogens with zero attached hydrogens (tertiary/aromatic N) is 1. The molecule has 0 aliphatic rings. The van der Waals surface area contributed by atoms with Gasteiger partial charge in [0.2, 0.25) is 0 Å². The average molecular weight is 966 g/mol. The molecule has 0 aliphatic carbocycles. The second-order valence-corrected chi connectivity index (χ2v) is 21.8. The van der Waals surface area contributed by atoms with Crippen LogP contribution >= 0.6 is 11.8 Å². The quantitative estimate of drug-likeness (QED) is 0.0511. The van der Waals surface area contributed by atoms with Crippen molar-refractivity contribution in [2.45, 2.75) is 294 Å². The van der Waals surface area contributed by atoms with Crippen LogP contribution in [-0.4, -0.2) is 52.8 Å². The Kier molecular flexibility index (Phi) is 44.1. The number of carboxylic acids is 2. The summed E-state index contributed by atoms with van der Waals surface area (Å²) >= 11 is 1.14. The predicted molar refractivity (Wildman–Crippen MR) is 298 cm³/mol. The zero-order chi connectivity index (χ0) is 49.4. The number of aromatic carboxylic acids is 2. The average Bonchev–Trinajstić information content (AvgIpc) is 3.34. The van der Waals surface area contributed by atoms with Crippen molar-refractivity contribution < 1.29 is 24.3 Å². The van der Waals surface area contributed by atoms with Crippen molar-refractivity contribution in [2.75, 3.05) is 26.2 Å². The minimum absolute atomic E-state index is 0.160. The third-order valence-corrected chi connectivity index (χ3v) is 15.6. The lowest BCUT2D eigenvalue weighted by Crippen LogP contribution is -2.50. The van der Waals surface area contributed by atoms with Crippen LogP contribution in [0, 0.1) is 0 Å². The van der Waals surface area contributed by atoms with Gasteiger partial charge in [-0.05, 0) is 75.6 Å². The van der Waals surface area contributed by atoms with Gasteiger partial charge in [-0.25, -0.2) is 9.59 Å². The summed E-state index contributed by atoms with van der Waals surface area (Å²) in [6.07, 6.45) is 58.7. The standard InChI is InChI=1S/C48H100N.C14H10O4S/c1-5-9-13-17-21-25-29-33-37-41-45-49(46-42-38-34-30-26-22-18-14-10-6-2,47-43-39-35-31-27-23-19-15-11-7-3)48-44-40-36-32-28-24-20-16-12-8-4;15-13(16)9-5-1-3-7-11(9)19-12-8-4-2-6-10(12)14(17)18/h5-48H2,1-4H3;1-8H,(H,15,16)(H,17,18)/q+1;. The molecule has 5 nitrogen and oxygen atoms in total. The van der Waals surface area contributed by atoms with Crippen LogP contribution in [0.2, 0.25) is 0 Å². The third-order valence-electron chi connectivity index (χ3n) is 14.4. The zero-order valence-corrected chi connectivity index (χ0v) is 46.1. The Hall–Kier alpha value is -2.31. The first-order chi connectivity index (χ1) is 33.3. The van der Waals surface area contributed by atoms with Crippen molar-refractivity contribution in [1.82, 2.24) is 0 Å². The predicted octanol–water partition coefficient (Wildman–Crippen LogP) is 20.7. The Bertz CT molecular complexity index is 1270. The summed E-state index contributed by atoms with van der Waals surface area (Å²) in [4.78, 5) is 23.2. The number of carboxylic acid groups (broad SMARTS) is 2. The lowest BCUT2D eigenvalue weighted by Gasteiger charge is -2.40. The van der Waals surface area contributed by atoms with Gasteiger partial charge in [-0.1, -0.05) is 269 Å². The number of unbranched alkanes of at least 4 members (excludes halogenated alkanes) is 36. The number of benzene rings is 2. The molecular formula is C62H110NO4S+. The molecule has 6 heteroatoms. The highest BCUT2D eigenvalue weighted by Crippen LogP contribution is 2.33. The number of rotatable bonds is 48. The van der Waals surface area contributed by atoms with Crippen molar-refractivity contribution in [3.8, 4) is 0 Å². The molecule has 2 rings (SSSR count). The van der Waals surface area contributed by atoms with Crippen molar-refractivity contribution in [1.29, 1.82) is 0 Å². The highest BCUT2D eigenvalue weighted by molar-refractivity contribution is 7.99. The summed E-state index contributed by atoms with van der Waals surface area (Å²) in [5, 5.41) is 18.2. The molecule has 0 radical (unpaired) electrons. The summed E-state index contributed by atoms with van der Waals surface area (Å²) in [5.74, 6) is -2.06. The van der Waals surface area contributed by atoms with Crippen LogP contribution in [0.4, 0.5) is 0 Å². The smallest absolute Gasteiger partial charge is 0.336 e. The van der Waals surface area contributed by atoms with Gasteiger partial charge >= 0.3 is 11.9 Å². The van der Waals surface area contributed by atoms with Crippen molar-refractivity contribution >= 4 is 23.7 Å². The summed E-state index contributed by atoms with van der Waals surface area (Å²) in [5.41, 5.74) is 0.320. The largest absolute Gasteiger partial charge is 0.478 e. The first kappa shape index (κ1) is 63.7. The van der Waals surface area contributed by atoms with Crippen molar-refractivity contribution in [3.63, 3.8) is 0 Å². The Morgan fingerprint density at radius 3 is 0.721 bits per heavy atom. The second kappa shape index (κ2) is 47.0. The molecule has 2 N–H and O–H groups in total. The molecule has 392 valence electrons. The number of hydrogen-bond donors (Lipinski definition) is 2. The number of quaternary nitrogens is 1. The Labute approximate surface area is 426 Å². The van der Waals surface area contributed by atoms with Crippen LogP contribution in [-0.2, 0) is 0 Å². The van der Waals surface area contributed by atoms with E-state index in [2.05, 4.69) is 27.7 Å². The van der Waals surface area contributed by atoms with Gasteiger partial charge in [-0.3, -0.25) is 0 Å². The Balaban J connectivity index is 0.000000998. The molecular weight excluding hydrogens is 855 g/mol. The minimum atomic E-state index is -1.03. The van der Waals surface area contributed by atoms with E-state index < -0.39 is 11.9 Å². The van der Waals surface area contributed by atoms with Crippen molar-refractivity contribution in [3.05, 3.63) is 59.7 Å². The van der Waals surface area contributed by atoms with E-state index in [1.54, 1.807) is 36.4 Å². The summed E-state index contributed by atoms with van der Waals surface area (Å²) in [7, 11) is 0. The Morgan fingerprint density at radius 2 is 0.515 bits per heavy atom. The summed E-state index contributed by atoms with van der Waals surface area (Å²) in [6, 6.07) is 13.0. The van der Waals surface area contributed by atoms with E-state index in [1.807, 2.05) is 0 Å². The molecule has 0 unspecified atom stereocenters. The van der Waals surface area contributed by atoms with E-state index >= 15 is 0 Å². The fourth-order valence-corrected chi connectivity index (χ4v) is 11.1. The summed E-state index contributed by atoms with van der Waals surface area (Å²) < 4.78 is 1.49. The van der Waals surface area contributed by atoms with E-state index in [-0.39, 0.29) is 11.1 Å². The number of carbonyl (C=O) groups is 2. The SMILES string of the molecule is CCCCCCCCCCCC[N+](CCCCCCCCCCCC)(CCCCCCCCCCCC)CCCCCCCCCCCC.O=C(O)c1ccccc1Sc1ccccc1C(=O)O. The van der Waals surface area contributed by atoms with Crippen LogP contribution in [0.25, 0.3) is 0 Å². The molecule has 2 aromatic rings. The van der Waals surface area contributed by atoms with E-state index in [1.165, 1.54) is 300 Å². The minimum Gasteiger partial charge on any atom is -0.478 e. The van der Waals surface area contributed by atoms with Crippen molar-refractivity contribution in [2.24, 2.45) is 0 Å². The van der Waals surface area contributed by atoms with Crippen LogP contribution < -0.4 is 0 Å². The monoisotopic (exact) mass is 965 g/mol. The van der Waals surface area contributed by atoms with Gasteiger partial charge in [0.05, 0.1) is 37.3 Å². The fourth-order valence-electron chi connectivity index (χ4n) is 9.99. The van der Waals surface area contributed by atoms with Gasteiger partial charge in [0.25, 0.3) is 0 Å². The lowest BCUT2D eigenvalue weighted by molar-refractivity contribution is -0.929. The molecule has 0 saturated carbocycles. The van der Waals surface area contributed by atoms with Crippen LogP contribution in [0.1, 0.15) is 305 Å². The van der Waals surface area contributed by atoms with Crippen LogP contribution in [0.5, 0.6) is 0 Å². The van der Waals surface area contributed by atoms with Gasteiger partial charge in [-0.2, -0.15) is 0 Å². The topological polar surface area (TPSA) is 74.6 Å². The highest BCUT2D eigenvalue weighted by atomic mass is 32.2. The molecule has 0 saturated heterocycles. The molecule has 0 fully saturated rings. The third kappa shape index (κ3) is 35.7. The molecule has 0 bridgehead atoms. The van der Waals surface area contributed by atoms with Gasteiger partial charge in [0, 0.05) is 9.79 Å². The molecule has 0 aliphatic heterocycles. The normalized spacial score (nSPS) is 11.5. The molecule has 2 aromatic carbocycles. The maximum absolute atomic E-state index is 11.1. The van der Waals surface area contributed by atoms with Crippen LogP contribution in [0.15, 0.2) is 58.3 Å². The van der Waals surface area contributed by atoms with E-state index in [0.29, 0.717) is 9.79 Å². The first-order valence-electron chi connectivity index (χ1n) is 29.5. The van der Waals surface area contributed by atoms with Gasteiger partial charge < -0.3 is 14.7 Å². The van der Waals surface area contributed by atoms with Gasteiger partial charge in [0.1, 0.15) is 0 Å². The molecule has 0 spiro atoms. The summed E-state index contributed by atoms with van der Waals surface area (Å²) in [6.45, 7) is 15.3. The van der Waals surface area contributed by atoms with Crippen LogP contribution in [0.3, 0.4) is 0 Å². The Morgan fingerprint density at radius 1 is 0.324 bits per heavy atom. The molecule has 0 amide bonds. The molecule has 0 aromatic heterocycles. The van der Waals surface area contributed by atoms with E-state index in [9.17, 15) is 9.59 Å². The fraction of sp³-hybridized carbons (Fsp3) is 0.774. The maximum atomic E-state index is 11.1. The first-order valence-corrected chi connectivity index (χ1v) is 30.3. The molecule has 0 heterocycles. The van der Waals surface area contributed by atoms with E-state index in [0.717, 1.165) is 11.8 Å². The maximum Gasteiger partial charge on any atom is 0.336 e. The highest BCUT2D eigenvalue weighted by Gasteiger charge is 2.26. The zero-order valence-electron chi connectivity index (χ0n) is 45.3. The lowest BCUT2D eigenvalue weighted by atomic mass is 10.0. The second-order valence-electron chi connectivity index (χ2n) is 20.7. The van der Waals surface area contributed by atoms with Gasteiger partial charge in [0.15, 0.2) is 0 Å². The molecule has 68 heavy (non-hydrogen) atoms. The van der Waals surface area contributed by atoms with E-state index in [4.69, 9.17) is 10.2 Å². The number of hydrogen-bond acceptors (Lipinski definition) is 3. The van der Waals surface area contributed by atoms with Gasteiger partial charge in [-0.15, -0.1) is 0 Å². The molecule has 0 atom stereocenters.